The number of esters is 1. The number of hydrogen-bond donors (Lipinski definition) is 2. The van der Waals surface area contributed by atoms with Gasteiger partial charge in [0, 0.05) is 6.54 Å². The SMILES string of the molecule is CCOC(=O)CCNC(=O)c1ccc(C)cc1O. The lowest BCUT2D eigenvalue weighted by atomic mass is 10.1. The Hall–Kier alpha value is -2.04. The Labute approximate surface area is 106 Å². The molecule has 1 aromatic carbocycles. The number of ether oxygens (including phenoxy) is 1. The molecule has 5 heteroatoms. The number of hydrogen-bond acceptors (Lipinski definition) is 4. The number of benzene rings is 1. The summed E-state index contributed by atoms with van der Waals surface area (Å²) in [5.41, 5.74) is 1.07. The summed E-state index contributed by atoms with van der Waals surface area (Å²) in [4.78, 5) is 22.7. The van der Waals surface area contributed by atoms with Crippen molar-refractivity contribution in [1.29, 1.82) is 0 Å². The van der Waals surface area contributed by atoms with E-state index in [2.05, 4.69) is 5.32 Å². The molecule has 18 heavy (non-hydrogen) atoms. The highest BCUT2D eigenvalue weighted by Crippen LogP contribution is 2.17. The first kappa shape index (κ1) is 14.0. The second-order valence-corrected chi connectivity index (χ2v) is 3.83. The van der Waals surface area contributed by atoms with Gasteiger partial charge in [-0.15, -0.1) is 0 Å². The number of aryl methyl sites for hydroxylation is 1. The molecule has 1 rings (SSSR count). The van der Waals surface area contributed by atoms with Gasteiger partial charge in [0.1, 0.15) is 5.75 Å². The molecule has 0 saturated heterocycles. The van der Waals surface area contributed by atoms with E-state index in [-0.39, 0.29) is 30.2 Å². The first-order valence-electron chi connectivity index (χ1n) is 5.78. The Morgan fingerprint density at radius 1 is 1.39 bits per heavy atom. The molecule has 0 aliphatic rings. The van der Waals surface area contributed by atoms with E-state index >= 15 is 0 Å². The minimum Gasteiger partial charge on any atom is -0.507 e. The maximum atomic E-state index is 11.7. The van der Waals surface area contributed by atoms with Crippen molar-refractivity contribution in [3.05, 3.63) is 29.3 Å². The molecule has 0 heterocycles. The van der Waals surface area contributed by atoms with Gasteiger partial charge in [-0.2, -0.15) is 0 Å². The predicted molar refractivity (Wildman–Crippen MR) is 66.4 cm³/mol. The molecule has 0 aromatic heterocycles. The van der Waals surface area contributed by atoms with E-state index in [1.54, 1.807) is 19.1 Å². The van der Waals surface area contributed by atoms with Crippen LogP contribution < -0.4 is 5.32 Å². The molecule has 98 valence electrons. The number of carbonyl (C=O) groups excluding carboxylic acids is 2. The molecular weight excluding hydrogens is 234 g/mol. The first-order valence-corrected chi connectivity index (χ1v) is 5.78. The molecule has 0 atom stereocenters. The van der Waals surface area contributed by atoms with Gasteiger partial charge in [-0.3, -0.25) is 9.59 Å². The summed E-state index contributed by atoms with van der Waals surface area (Å²) in [7, 11) is 0. The molecule has 0 unspecified atom stereocenters. The molecule has 0 aliphatic carbocycles. The van der Waals surface area contributed by atoms with Crippen LogP contribution in [0.1, 0.15) is 29.3 Å². The van der Waals surface area contributed by atoms with Crippen LogP contribution in [0.25, 0.3) is 0 Å². The molecule has 0 saturated carbocycles. The van der Waals surface area contributed by atoms with E-state index in [0.29, 0.717) is 6.61 Å². The average Bonchev–Trinajstić information content (AvgIpc) is 2.29. The molecule has 0 aliphatic heterocycles. The monoisotopic (exact) mass is 251 g/mol. The highest BCUT2D eigenvalue weighted by atomic mass is 16.5. The lowest BCUT2D eigenvalue weighted by Crippen LogP contribution is -2.26. The van der Waals surface area contributed by atoms with Crippen molar-refractivity contribution in [2.24, 2.45) is 0 Å². The van der Waals surface area contributed by atoms with Gasteiger partial charge in [0.15, 0.2) is 0 Å². The summed E-state index contributed by atoms with van der Waals surface area (Å²) >= 11 is 0. The third kappa shape index (κ3) is 4.08. The molecule has 1 amide bonds. The fourth-order valence-corrected chi connectivity index (χ4v) is 1.44. The third-order valence-electron chi connectivity index (χ3n) is 2.32. The van der Waals surface area contributed by atoms with Crippen molar-refractivity contribution in [2.45, 2.75) is 20.3 Å². The summed E-state index contributed by atoms with van der Waals surface area (Å²) < 4.78 is 4.73. The zero-order chi connectivity index (χ0) is 13.5. The van der Waals surface area contributed by atoms with Gasteiger partial charge in [-0.25, -0.2) is 0 Å². The fourth-order valence-electron chi connectivity index (χ4n) is 1.44. The Kier molecular flexibility index (Phi) is 5.17. The van der Waals surface area contributed by atoms with Gasteiger partial charge in [-0.1, -0.05) is 6.07 Å². The van der Waals surface area contributed by atoms with E-state index in [1.165, 1.54) is 6.07 Å². The van der Waals surface area contributed by atoms with E-state index in [9.17, 15) is 14.7 Å². The highest BCUT2D eigenvalue weighted by molar-refractivity contribution is 5.97. The van der Waals surface area contributed by atoms with Crippen LogP contribution in [-0.4, -0.2) is 30.1 Å². The van der Waals surface area contributed by atoms with Crippen LogP contribution in [0.4, 0.5) is 0 Å². The summed E-state index contributed by atoms with van der Waals surface area (Å²) in [5, 5.41) is 12.2. The van der Waals surface area contributed by atoms with Crippen LogP contribution in [0.5, 0.6) is 5.75 Å². The maximum Gasteiger partial charge on any atom is 0.307 e. The normalized spacial score (nSPS) is 9.89. The largest absolute Gasteiger partial charge is 0.507 e. The van der Waals surface area contributed by atoms with Gasteiger partial charge >= 0.3 is 5.97 Å². The van der Waals surface area contributed by atoms with Gasteiger partial charge in [0.25, 0.3) is 5.91 Å². The number of nitrogens with one attached hydrogen (secondary N) is 1. The van der Waals surface area contributed by atoms with E-state index in [1.807, 2.05) is 6.92 Å². The van der Waals surface area contributed by atoms with Crippen LogP contribution >= 0.6 is 0 Å². The molecule has 5 nitrogen and oxygen atoms in total. The van der Waals surface area contributed by atoms with Crippen molar-refractivity contribution in [3.8, 4) is 5.75 Å². The Morgan fingerprint density at radius 3 is 2.72 bits per heavy atom. The van der Waals surface area contributed by atoms with Gasteiger partial charge < -0.3 is 15.2 Å². The zero-order valence-electron chi connectivity index (χ0n) is 10.5. The smallest absolute Gasteiger partial charge is 0.307 e. The van der Waals surface area contributed by atoms with Crippen LogP contribution in [0.2, 0.25) is 0 Å². The van der Waals surface area contributed by atoms with Crippen LogP contribution in [0.3, 0.4) is 0 Å². The molecule has 0 radical (unpaired) electrons. The Balaban J connectivity index is 2.48. The second kappa shape index (κ2) is 6.64. The molecular formula is C13H17NO4. The van der Waals surface area contributed by atoms with Gasteiger partial charge in [0.2, 0.25) is 0 Å². The van der Waals surface area contributed by atoms with Crippen molar-refractivity contribution in [1.82, 2.24) is 5.32 Å². The van der Waals surface area contributed by atoms with E-state index < -0.39 is 5.91 Å². The van der Waals surface area contributed by atoms with Crippen LogP contribution in [0, 0.1) is 6.92 Å². The maximum absolute atomic E-state index is 11.7. The topological polar surface area (TPSA) is 75.6 Å². The average molecular weight is 251 g/mol. The minimum atomic E-state index is -0.406. The minimum absolute atomic E-state index is 0.0661. The number of phenolic OH excluding ortho intramolecular Hbond substituents is 1. The van der Waals surface area contributed by atoms with Gasteiger partial charge in [-0.05, 0) is 31.5 Å². The van der Waals surface area contributed by atoms with Crippen LogP contribution in [-0.2, 0) is 9.53 Å². The van der Waals surface area contributed by atoms with Crippen LogP contribution in [0.15, 0.2) is 18.2 Å². The first-order chi connectivity index (χ1) is 8.54. The van der Waals surface area contributed by atoms with Crippen molar-refractivity contribution in [2.75, 3.05) is 13.2 Å². The standard InChI is InChI=1S/C13H17NO4/c1-3-18-12(16)6-7-14-13(17)10-5-4-9(2)8-11(10)15/h4-5,8,15H,3,6-7H2,1-2H3,(H,14,17). The molecule has 2 N–H and O–H groups in total. The van der Waals surface area contributed by atoms with E-state index in [4.69, 9.17) is 4.74 Å². The predicted octanol–water partition coefficient (Wildman–Crippen LogP) is 1.38. The quantitative estimate of drug-likeness (QED) is 0.775. The zero-order valence-corrected chi connectivity index (χ0v) is 10.5. The number of aromatic hydroxyl groups is 1. The third-order valence-corrected chi connectivity index (χ3v) is 2.32. The van der Waals surface area contributed by atoms with Gasteiger partial charge in [0.05, 0.1) is 18.6 Å². The molecule has 0 bridgehead atoms. The van der Waals surface area contributed by atoms with Crippen molar-refractivity contribution in [3.63, 3.8) is 0 Å². The lowest BCUT2D eigenvalue weighted by molar-refractivity contribution is -0.142. The lowest BCUT2D eigenvalue weighted by Gasteiger charge is -2.07. The fraction of sp³-hybridized carbons (Fsp3) is 0.385. The van der Waals surface area contributed by atoms with Crippen molar-refractivity contribution < 1.29 is 19.4 Å². The number of carbonyl (C=O) groups is 2. The summed E-state index contributed by atoms with van der Waals surface area (Å²) in [6.07, 6.45) is 0.117. The number of rotatable bonds is 5. The summed E-state index contributed by atoms with van der Waals surface area (Å²) in [5.74, 6) is -0.827. The van der Waals surface area contributed by atoms with E-state index in [0.717, 1.165) is 5.56 Å². The molecule has 0 fully saturated rings. The highest BCUT2D eigenvalue weighted by Gasteiger charge is 2.11. The molecule has 1 aromatic rings. The molecule has 0 spiro atoms. The Bertz CT molecular complexity index is 443. The van der Waals surface area contributed by atoms with Crippen molar-refractivity contribution >= 4 is 11.9 Å². The second-order valence-electron chi connectivity index (χ2n) is 3.83. The summed E-state index contributed by atoms with van der Waals surface area (Å²) in [6, 6.07) is 4.80. The Morgan fingerprint density at radius 2 is 2.11 bits per heavy atom. The number of phenols is 1. The number of amides is 1. The summed E-state index contributed by atoms with van der Waals surface area (Å²) in [6.45, 7) is 4.06.